The molecule has 0 heterocycles. The second-order valence-electron chi connectivity index (χ2n) is 2.85. The maximum absolute atomic E-state index is 12.7. The van der Waals surface area contributed by atoms with Gasteiger partial charge in [-0.25, -0.2) is 4.39 Å². The maximum Gasteiger partial charge on any atom is 0.119 e. The van der Waals surface area contributed by atoms with Crippen molar-refractivity contribution in [1.82, 2.24) is 0 Å². The molecule has 0 bridgehead atoms. The van der Waals surface area contributed by atoms with Gasteiger partial charge in [0, 0.05) is 17.2 Å². The molecule has 0 atom stereocenters. The fourth-order valence-electron chi connectivity index (χ4n) is 1.00. The quantitative estimate of drug-likeness (QED) is 0.785. The fraction of sp³-hybridized carbons (Fsp3) is 0.273. The third kappa shape index (κ3) is 4.36. The van der Waals surface area contributed by atoms with Gasteiger partial charge in [-0.3, -0.25) is 0 Å². The average molecular weight is 227 g/mol. The molecule has 15 heavy (non-hydrogen) atoms. The number of methoxy groups -OCH3 is 1. The van der Waals surface area contributed by atoms with Gasteiger partial charge in [-0.1, -0.05) is 6.07 Å². The number of rotatable bonds is 5. The van der Waals surface area contributed by atoms with E-state index in [1.54, 1.807) is 18.9 Å². The Bertz CT molecular complexity index is 341. The molecule has 0 aliphatic heterocycles. The van der Waals surface area contributed by atoms with Gasteiger partial charge in [-0.2, -0.15) is 0 Å². The molecule has 0 saturated heterocycles. The van der Waals surface area contributed by atoms with Gasteiger partial charge < -0.3 is 10.5 Å². The Morgan fingerprint density at radius 3 is 3.07 bits per heavy atom. The SMILES string of the molecule is COc1cccc(SC/C=C(/F)CN)c1. The molecule has 1 aromatic rings. The van der Waals surface area contributed by atoms with Crippen molar-refractivity contribution in [2.24, 2.45) is 5.73 Å². The van der Waals surface area contributed by atoms with Crippen LogP contribution in [0.15, 0.2) is 41.1 Å². The largest absolute Gasteiger partial charge is 0.497 e. The van der Waals surface area contributed by atoms with Crippen molar-refractivity contribution < 1.29 is 9.13 Å². The molecular formula is C11H14FNOS. The van der Waals surface area contributed by atoms with Gasteiger partial charge in [0.15, 0.2) is 0 Å². The van der Waals surface area contributed by atoms with Gasteiger partial charge >= 0.3 is 0 Å². The zero-order chi connectivity index (χ0) is 11.1. The predicted octanol–water partition coefficient (Wildman–Crippen LogP) is 2.60. The van der Waals surface area contributed by atoms with Crippen LogP contribution in [0, 0.1) is 0 Å². The Morgan fingerprint density at radius 2 is 2.40 bits per heavy atom. The molecular weight excluding hydrogens is 213 g/mol. The Labute approximate surface area is 93.3 Å². The minimum absolute atomic E-state index is 0.0291. The van der Waals surface area contributed by atoms with E-state index in [9.17, 15) is 4.39 Å². The summed E-state index contributed by atoms with van der Waals surface area (Å²) in [5.74, 6) is 1.12. The highest BCUT2D eigenvalue weighted by Crippen LogP contribution is 2.22. The molecule has 0 amide bonds. The van der Waals surface area contributed by atoms with E-state index in [-0.39, 0.29) is 12.4 Å². The molecule has 0 aromatic heterocycles. The van der Waals surface area contributed by atoms with E-state index in [0.717, 1.165) is 10.6 Å². The number of hydrogen-bond donors (Lipinski definition) is 1. The van der Waals surface area contributed by atoms with E-state index in [2.05, 4.69) is 0 Å². The summed E-state index contributed by atoms with van der Waals surface area (Å²) in [6.07, 6.45) is 1.49. The maximum atomic E-state index is 12.7. The van der Waals surface area contributed by atoms with Gasteiger partial charge in [-0.05, 0) is 24.3 Å². The third-order valence-corrected chi connectivity index (χ3v) is 2.71. The lowest BCUT2D eigenvalue weighted by Gasteiger charge is -2.02. The van der Waals surface area contributed by atoms with Crippen molar-refractivity contribution in [2.45, 2.75) is 4.90 Å². The van der Waals surface area contributed by atoms with Crippen LogP contribution in [0.25, 0.3) is 0 Å². The second kappa shape index (κ2) is 6.48. The smallest absolute Gasteiger partial charge is 0.119 e. The van der Waals surface area contributed by atoms with Crippen LogP contribution in [-0.4, -0.2) is 19.4 Å². The molecule has 2 N–H and O–H groups in total. The van der Waals surface area contributed by atoms with Crippen molar-refractivity contribution in [1.29, 1.82) is 0 Å². The highest BCUT2D eigenvalue weighted by Gasteiger charge is 1.96. The summed E-state index contributed by atoms with van der Waals surface area (Å²) in [7, 11) is 1.62. The Balaban J connectivity index is 2.50. The van der Waals surface area contributed by atoms with Crippen LogP contribution in [0.2, 0.25) is 0 Å². The monoisotopic (exact) mass is 227 g/mol. The molecule has 0 aliphatic carbocycles. The van der Waals surface area contributed by atoms with Crippen LogP contribution >= 0.6 is 11.8 Å². The van der Waals surface area contributed by atoms with Crippen molar-refractivity contribution in [2.75, 3.05) is 19.4 Å². The van der Waals surface area contributed by atoms with E-state index in [1.807, 2.05) is 24.3 Å². The molecule has 1 aromatic carbocycles. The number of thioether (sulfide) groups is 1. The number of benzene rings is 1. The van der Waals surface area contributed by atoms with Gasteiger partial charge in [0.25, 0.3) is 0 Å². The van der Waals surface area contributed by atoms with Crippen molar-refractivity contribution >= 4 is 11.8 Å². The van der Waals surface area contributed by atoms with Gasteiger partial charge in [0.2, 0.25) is 0 Å². The summed E-state index contributed by atoms with van der Waals surface area (Å²) >= 11 is 1.54. The summed E-state index contributed by atoms with van der Waals surface area (Å²) in [5.41, 5.74) is 5.12. The molecule has 1 rings (SSSR count). The summed E-state index contributed by atoms with van der Waals surface area (Å²) in [6.45, 7) is -0.0291. The first kappa shape index (κ1) is 12.1. The summed E-state index contributed by atoms with van der Waals surface area (Å²) in [6, 6.07) is 7.66. The third-order valence-electron chi connectivity index (χ3n) is 1.79. The van der Waals surface area contributed by atoms with E-state index in [0.29, 0.717) is 5.75 Å². The molecule has 0 saturated carbocycles. The molecule has 0 unspecified atom stereocenters. The zero-order valence-corrected chi connectivity index (χ0v) is 9.39. The van der Waals surface area contributed by atoms with Crippen LogP contribution in [0.4, 0.5) is 4.39 Å². The standard InChI is InChI=1S/C11H14FNOS/c1-14-10-3-2-4-11(7-10)15-6-5-9(12)8-13/h2-5,7H,6,8,13H2,1H3/b9-5+. The summed E-state index contributed by atoms with van der Waals surface area (Å²) < 4.78 is 17.8. The molecule has 82 valence electrons. The second-order valence-corrected chi connectivity index (χ2v) is 3.94. The highest BCUT2D eigenvalue weighted by atomic mass is 32.2. The van der Waals surface area contributed by atoms with Crippen LogP contribution < -0.4 is 10.5 Å². The number of hydrogen-bond acceptors (Lipinski definition) is 3. The fourth-order valence-corrected chi connectivity index (χ4v) is 1.83. The lowest BCUT2D eigenvalue weighted by Crippen LogP contribution is -1.98. The molecule has 0 radical (unpaired) electrons. The van der Waals surface area contributed by atoms with E-state index < -0.39 is 0 Å². The molecule has 0 spiro atoms. The predicted molar refractivity (Wildman–Crippen MR) is 62.0 cm³/mol. The minimum Gasteiger partial charge on any atom is -0.497 e. The highest BCUT2D eigenvalue weighted by molar-refractivity contribution is 7.99. The van der Waals surface area contributed by atoms with Crippen LogP contribution in [0.3, 0.4) is 0 Å². The zero-order valence-electron chi connectivity index (χ0n) is 8.57. The molecule has 2 nitrogen and oxygen atoms in total. The molecule has 0 fully saturated rings. The van der Waals surface area contributed by atoms with Crippen LogP contribution in [0.1, 0.15) is 0 Å². The van der Waals surface area contributed by atoms with Crippen LogP contribution in [-0.2, 0) is 0 Å². The minimum atomic E-state index is -0.273. The lowest BCUT2D eigenvalue weighted by atomic mass is 10.3. The topological polar surface area (TPSA) is 35.2 Å². The van der Waals surface area contributed by atoms with E-state index >= 15 is 0 Å². The Hall–Kier alpha value is -1.00. The van der Waals surface area contributed by atoms with Crippen molar-refractivity contribution in [3.63, 3.8) is 0 Å². The number of nitrogens with two attached hydrogens (primary N) is 1. The van der Waals surface area contributed by atoms with Gasteiger partial charge in [-0.15, -0.1) is 11.8 Å². The van der Waals surface area contributed by atoms with Crippen molar-refractivity contribution in [3.05, 3.63) is 36.2 Å². The normalized spacial score (nSPS) is 11.5. The van der Waals surface area contributed by atoms with E-state index in [4.69, 9.17) is 10.5 Å². The van der Waals surface area contributed by atoms with Crippen LogP contribution in [0.5, 0.6) is 5.75 Å². The van der Waals surface area contributed by atoms with Gasteiger partial charge in [0.05, 0.1) is 7.11 Å². The number of ether oxygens (including phenoxy) is 1. The van der Waals surface area contributed by atoms with E-state index in [1.165, 1.54) is 6.08 Å². The summed E-state index contributed by atoms with van der Waals surface area (Å²) in [5, 5.41) is 0. The molecule has 4 heteroatoms. The average Bonchev–Trinajstić information content (AvgIpc) is 2.29. The first-order valence-electron chi connectivity index (χ1n) is 4.57. The summed E-state index contributed by atoms with van der Waals surface area (Å²) in [4.78, 5) is 1.05. The van der Waals surface area contributed by atoms with Gasteiger partial charge in [0.1, 0.15) is 11.6 Å². The Morgan fingerprint density at radius 1 is 1.60 bits per heavy atom. The lowest BCUT2D eigenvalue weighted by molar-refractivity contribution is 0.413. The first-order chi connectivity index (χ1) is 7.26. The first-order valence-corrected chi connectivity index (χ1v) is 5.56. The molecule has 0 aliphatic rings. The Kier molecular flexibility index (Phi) is 5.21. The number of halogens is 1. The van der Waals surface area contributed by atoms with Crippen molar-refractivity contribution in [3.8, 4) is 5.75 Å².